The van der Waals surface area contributed by atoms with Gasteiger partial charge in [-0.25, -0.2) is 4.98 Å². The molecule has 0 bridgehead atoms. The fourth-order valence-corrected chi connectivity index (χ4v) is 2.21. The Labute approximate surface area is 107 Å². The summed E-state index contributed by atoms with van der Waals surface area (Å²) in [6.45, 7) is 4.89. The van der Waals surface area contributed by atoms with Crippen molar-refractivity contribution in [1.29, 1.82) is 0 Å². The molecule has 0 saturated carbocycles. The molecule has 2 heterocycles. The first-order chi connectivity index (χ1) is 8.81. The second-order valence-corrected chi connectivity index (χ2v) is 4.49. The van der Waals surface area contributed by atoms with Crippen LogP contribution in [0.25, 0.3) is 0 Å². The van der Waals surface area contributed by atoms with Crippen LogP contribution in [-0.2, 0) is 16.1 Å². The van der Waals surface area contributed by atoms with Gasteiger partial charge in [0.05, 0.1) is 19.3 Å². The van der Waals surface area contributed by atoms with Gasteiger partial charge in [0, 0.05) is 19.5 Å². The largest absolute Gasteiger partial charge is 0.377 e. The maximum absolute atomic E-state index is 12.1. The number of aromatic nitrogens is 3. The van der Waals surface area contributed by atoms with Crippen LogP contribution in [0.2, 0.25) is 0 Å². The monoisotopic (exact) mass is 252 g/mol. The van der Waals surface area contributed by atoms with Gasteiger partial charge >= 0.3 is 0 Å². The van der Waals surface area contributed by atoms with E-state index in [1.807, 2.05) is 4.90 Å². The first-order valence-corrected chi connectivity index (χ1v) is 6.51. The molecule has 1 amide bonds. The van der Waals surface area contributed by atoms with E-state index in [4.69, 9.17) is 4.74 Å². The van der Waals surface area contributed by atoms with Crippen molar-refractivity contribution in [1.82, 2.24) is 19.7 Å². The maximum Gasteiger partial charge on any atom is 0.223 e. The molecular formula is C12H20N4O2. The fourth-order valence-electron chi connectivity index (χ4n) is 2.21. The molecule has 0 aromatic carbocycles. The molecule has 0 radical (unpaired) electrons. The van der Waals surface area contributed by atoms with E-state index in [-0.39, 0.29) is 11.9 Å². The van der Waals surface area contributed by atoms with E-state index in [1.54, 1.807) is 11.0 Å². The number of aryl methyl sites for hydroxylation is 1. The highest BCUT2D eigenvalue weighted by atomic mass is 16.5. The lowest BCUT2D eigenvalue weighted by molar-refractivity contribution is -0.140. The minimum absolute atomic E-state index is 0.227. The van der Waals surface area contributed by atoms with Gasteiger partial charge in [-0.2, -0.15) is 5.10 Å². The number of carbonyl (C=O) groups excluding carboxylic acids is 1. The summed E-state index contributed by atoms with van der Waals surface area (Å²) in [4.78, 5) is 18.0. The van der Waals surface area contributed by atoms with E-state index < -0.39 is 0 Å². The highest BCUT2D eigenvalue weighted by Crippen LogP contribution is 2.12. The Morgan fingerprint density at radius 3 is 3.17 bits per heavy atom. The van der Waals surface area contributed by atoms with Crippen LogP contribution in [0.1, 0.15) is 26.2 Å². The molecule has 1 aromatic heterocycles. The molecule has 6 heteroatoms. The third kappa shape index (κ3) is 3.29. The number of hydrogen-bond donors (Lipinski definition) is 0. The minimum Gasteiger partial charge on any atom is -0.377 e. The van der Waals surface area contributed by atoms with Crippen LogP contribution in [0.15, 0.2) is 12.7 Å². The normalized spacial score (nSPS) is 20.1. The van der Waals surface area contributed by atoms with Crippen molar-refractivity contribution in [3.8, 4) is 0 Å². The van der Waals surface area contributed by atoms with Crippen molar-refractivity contribution in [2.75, 3.05) is 19.8 Å². The SMILES string of the molecule is CC[C@H]1COCCN1C(=O)CCCn1cncn1. The number of morpholine rings is 1. The predicted octanol–water partition coefficient (Wildman–Crippen LogP) is 0.696. The number of ether oxygens (including phenoxy) is 1. The van der Waals surface area contributed by atoms with E-state index in [0.717, 1.165) is 25.9 Å². The highest BCUT2D eigenvalue weighted by molar-refractivity contribution is 5.76. The summed E-state index contributed by atoms with van der Waals surface area (Å²) in [5, 5.41) is 4.02. The van der Waals surface area contributed by atoms with Crippen molar-refractivity contribution in [3.63, 3.8) is 0 Å². The molecule has 100 valence electrons. The Morgan fingerprint density at radius 1 is 1.56 bits per heavy atom. The van der Waals surface area contributed by atoms with Gasteiger partial charge in [0.25, 0.3) is 0 Å². The van der Waals surface area contributed by atoms with Gasteiger partial charge in [-0.3, -0.25) is 9.48 Å². The van der Waals surface area contributed by atoms with Gasteiger partial charge in [0.15, 0.2) is 0 Å². The molecule has 2 rings (SSSR count). The van der Waals surface area contributed by atoms with Gasteiger partial charge in [-0.1, -0.05) is 6.92 Å². The standard InChI is InChI=1S/C12H20N4O2/c1-2-11-8-18-7-6-16(11)12(17)4-3-5-15-10-13-9-14-15/h9-11H,2-8H2,1H3/t11-/m0/s1. The number of carbonyl (C=O) groups is 1. The zero-order valence-corrected chi connectivity index (χ0v) is 10.8. The number of amides is 1. The Hall–Kier alpha value is -1.43. The van der Waals surface area contributed by atoms with Gasteiger partial charge in [0.1, 0.15) is 12.7 Å². The lowest BCUT2D eigenvalue weighted by Crippen LogP contribution is -2.48. The molecule has 1 aliphatic heterocycles. The molecule has 1 aromatic rings. The fraction of sp³-hybridized carbons (Fsp3) is 0.750. The van der Waals surface area contributed by atoms with Crippen LogP contribution < -0.4 is 0 Å². The third-order valence-electron chi connectivity index (χ3n) is 3.26. The molecule has 1 aliphatic rings. The summed E-state index contributed by atoms with van der Waals surface area (Å²) in [6.07, 6.45) is 5.51. The van der Waals surface area contributed by atoms with E-state index in [1.165, 1.54) is 6.33 Å². The summed E-state index contributed by atoms with van der Waals surface area (Å²) in [5.41, 5.74) is 0. The van der Waals surface area contributed by atoms with Crippen molar-refractivity contribution in [2.24, 2.45) is 0 Å². The van der Waals surface area contributed by atoms with Crippen LogP contribution >= 0.6 is 0 Å². The first kappa shape index (κ1) is 13.0. The van der Waals surface area contributed by atoms with Crippen LogP contribution in [0.4, 0.5) is 0 Å². The van der Waals surface area contributed by atoms with E-state index in [9.17, 15) is 4.79 Å². The zero-order chi connectivity index (χ0) is 12.8. The Balaban J connectivity index is 1.76. The van der Waals surface area contributed by atoms with Gasteiger partial charge in [0.2, 0.25) is 5.91 Å². The molecule has 1 saturated heterocycles. The lowest BCUT2D eigenvalue weighted by atomic mass is 10.1. The number of rotatable bonds is 5. The predicted molar refractivity (Wildman–Crippen MR) is 65.9 cm³/mol. The van der Waals surface area contributed by atoms with E-state index in [2.05, 4.69) is 17.0 Å². The molecule has 1 fully saturated rings. The van der Waals surface area contributed by atoms with Crippen LogP contribution in [0.3, 0.4) is 0 Å². The average molecular weight is 252 g/mol. The summed E-state index contributed by atoms with van der Waals surface area (Å²) in [7, 11) is 0. The second kappa shape index (κ2) is 6.49. The molecule has 18 heavy (non-hydrogen) atoms. The number of nitrogens with zero attached hydrogens (tertiary/aromatic N) is 4. The minimum atomic E-state index is 0.227. The zero-order valence-electron chi connectivity index (χ0n) is 10.8. The van der Waals surface area contributed by atoms with Crippen LogP contribution in [0, 0.1) is 0 Å². The van der Waals surface area contributed by atoms with Crippen molar-refractivity contribution < 1.29 is 9.53 Å². The Morgan fingerprint density at radius 2 is 2.44 bits per heavy atom. The van der Waals surface area contributed by atoms with Crippen molar-refractivity contribution >= 4 is 5.91 Å². The molecule has 1 atom stereocenters. The summed E-state index contributed by atoms with van der Waals surface area (Å²) in [6, 6.07) is 0.248. The second-order valence-electron chi connectivity index (χ2n) is 4.49. The first-order valence-electron chi connectivity index (χ1n) is 6.51. The summed E-state index contributed by atoms with van der Waals surface area (Å²) < 4.78 is 7.15. The van der Waals surface area contributed by atoms with Crippen LogP contribution in [-0.4, -0.2) is 51.4 Å². The van der Waals surface area contributed by atoms with Crippen molar-refractivity contribution in [3.05, 3.63) is 12.7 Å². The smallest absolute Gasteiger partial charge is 0.223 e. The van der Waals surface area contributed by atoms with Crippen LogP contribution in [0.5, 0.6) is 0 Å². The lowest BCUT2D eigenvalue weighted by Gasteiger charge is -2.35. The summed E-state index contributed by atoms with van der Waals surface area (Å²) in [5.74, 6) is 0.227. The van der Waals surface area contributed by atoms with Crippen molar-refractivity contribution in [2.45, 2.75) is 38.8 Å². The molecular weight excluding hydrogens is 232 g/mol. The van der Waals surface area contributed by atoms with E-state index >= 15 is 0 Å². The third-order valence-corrected chi connectivity index (χ3v) is 3.26. The molecule has 6 nitrogen and oxygen atoms in total. The van der Waals surface area contributed by atoms with Gasteiger partial charge < -0.3 is 9.64 Å². The Bertz CT molecular complexity index is 366. The van der Waals surface area contributed by atoms with Gasteiger partial charge in [-0.05, 0) is 12.8 Å². The highest BCUT2D eigenvalue weighted by Gasteiger charge is 2.25. The topological polar surface area (TPSA) is 60.2 Å². The number of hydrogen-bond acceptors (Lipinski definition) is 4. The summed E-state index contributed by atoms with van der Waals surface area (Å²) >= 11 is 0. The molecule has 0 aliphatic carbocycles. The average Bonchev–Trinajstić information content (AvgIpc) is 2.91. The maximum atomic E-state index is 12.1. The van der Waals surface area contributed by atoms with Gasteiger partial charge in [-0.15, -0.1) is 0 Å². The Kier molecular flexibility index (Phi) is 4.69. The molecule has 0 N–H and O–H groups in total. The quantitative estimate of drug-likeness (QED) is 0.774. The molecule has 0 unspecified atom stereocenters. The van der Waals surface area contributed by atoms with E-state index in [0.29, 0.717) is 19.6 Å². The molecule has 0 spiro atoms.